The van der Waals surface area contributed by atoms with Gasteiger partial charge in [0.1, 0.15) is 5.82 Å². The van der Waals surface area contributed by atoms with Crippen LogP contribution >= 0.6 is 0 Å². The molecule has 0 radical (unpaired) electrons. The summed E-state index contributed by atoms with van der Waals surface area (Å²) in [5.74, 6) is -0.805. The number of anilines is 1. The first-order valence-corrected chi connectivity index (χ1v) is 6.92. The van der Waals surface area contributed by atoms with Crippen molar-refractivity contribution in [1.29, 1.82) is 0 Å². The summed E-state index contributed by atoms with van der Waals surface area (Å²) < 4.78 is 33.7. The van der Waals surface area contributed by atoms with E-state index in [-0.39, 0.29) is 18.9 Å². The van der Waals surface area contributed by atoms with Crippen molar-refractivity contribution < 1.29 is 17.1 Å². The van der Waals surface area contributed by atoms with Crippen molar-refractivity contribution in [2.45, 2.75) is 13.3 Å². The summed E-state index contributed by atoms with van der Waals surface area (Å²) in [6, 6.07) is 0. The van der Waals surface area contributed by atoms with Gasteiger partial charge in [0, 0.05) is 18.9 Å². The molecule has 1 aromatic heterocycles. The number of nitrogens with zero attached hydrogens (tertiary/aromatic N) is 3. The standard InChI is InChI=1S/C10H12FN3O3S/c1-7-12-3-9(4-13-7)14-5-8(2-10(14)15)6-18(11,16)17/h3-4,8H,2,5-6H2,1H3. The van der Waals surface area contributed by atoms with Crippen LogP contribution in [0.5, 0.6) is 0 Å². The number of hydrogen-bond acceptors (Lipinski definition) is 5. The van der Waals surface area contributed by atoms with Crippen molar-refractivity contribution in [3.05, 3.63) is 18.2 Å². The molecular formula is C10H12FN3O3S. The molecule has 0 saturated carbocycles. The molecule has 0 aromatic carbocycles. The molecule has 0 spiro atoms. The Labute approximate surface area is 104 Å². The Bertz CT molecular complexity index is 558. The van der Waals surface area contributed by atoms with E-state index in [2.05, 4.69) is 9.97 Å². The molecule has 1 aliphatic rings. The predicted molar refractivity (Wildman–Crippen MR) is 62.1 cm³/mol. The molecule has 1 fully saturated rings. The Hall–Kier alpha value is -1.57. The summed E-state index contributed by atoms with van der Waals surface area (Å²) in [5, 5.41) is 0. The highest BCUT2D eigenvalue weighted by atomic mass is 32.3. The average molecular weight is 273 g/mol. The molecule has 8 heteroatoms. The highest BCUT2D eigenvalue weighted by Gasteiger charge is 2.33. The minimum absolute atomic E-state index is 0.0248. The maximum Gasteiger partial charge on any atom is 0.302 e. The zero-order chi connectivity index (χ0) is 13.3. The van der Waals surface area contributed by atoms with Crippen LogP contribution in [0.3, 0.4) is 0 Å². The van der Waals surface area contributed by atoms with Crippen LogP contribution in [0, 0.1) is 12.8 Å². The van der Waals surface area contributed by atoms with Gasteiger partial charge >= 0.3 is 10.2 Å². The molecular weight excluding hydrogens is 261 g/mol. The van der Waals surface area contributed by atoms with Crippen LogP contribution in [-0.2, 0) is 15.0 Å². The molecule has 0 N–H and O–H groups in total. The Morgan fingerprint density at radius 2 is 2.06 bits per heavy atom. The molecule has 1 saturated heterocycles. The number of carbonyl (C=O) groups is 1. The van der Waals surface area contributed by atoms with Gasteiger partial charge in [-0.15, -0.1) is 3.89 Å². The molecule has 2 rings (SSSR count). The van der Waals surface area contributed by atoms with Crippen molar-refractivity contribution in [2.24, 2.45) is 5.92 Å². The summed E-state index contributed by atoms with van der Waals surface area (Å²) in [5.41, 5.74) is 0.504. The molecule has 1 aromatic rings. The van der Waals surface area contributed by atoms with Gasteiger partial charge in [-0.05, 0) is 6.92 Å². The van der Waals surface area contributed by atoms with Crippen LogP contribution < -0.4 is 4.90 Å². The largest absolute Gasteiger partial charge is 0.309 e. The van der Waals surface area contributed by atoms with E-state index in [1.807, 2.05) is 0 Å². The predicted octanol–water partition coefficient (Wildman–Crippen LogP) is 0.437. The summed E-state index contributed by atoms with van der Waals surface area (Å²) >= 11 is 0. The maximum atomic E-state index is 12.6. The number of carbonyl (C=O) groups excluding carboxylic acids is 1. The first-order valence-electron chi connectivity index (χ1n) is 5.36. The first kappa shape index (κ1) is 12.9. The SMILES string of the molecule is Cc1ncc(N2CC(CS(=O)(=O)F)CC2=O)cn1. The van der Waals surface area contributed by atoms with Gasteiger partial charge in [0.25, 0.3) is 0 Å². The van der Waals surface area contributed by atoms with Crippen LogP contribution in [0.15, 0.2) is 12.4 Å². The van der Waals surface area contributed by atoms with E-state index in [0.717, 1.165) is 0 Å². The molecule has 1 unspecified atom stereocenters. The second kappa shape index (κ2) is 4.60. The third-order valence-electron chi connectivity index (χ3n) is 2.72. The second-order valence-electron chi connectivity index (χ2n) is 4.27. The van der Waals surface area contributed by atoms with Crippen molar-refractivity contribution in [2.75, 3.05) is 17.2 Å². The summed E-state index contributed by atoms with van der Waals surface area (Å²) in [6.07, 6.45) is 3.01. The van der Waals surface area contributed by atoms with E-state index < -0.39 is 21.9 Å². The van der Waals surface area contributed by atoms with Gasteiger partial charge in [-0.3, -0.25) is 4.79 Å². The zero-order valence-electron chi connectivity index (χ0n) is 9.71. The van der Waals surface area contributed by atoms with Crippen LogP contribution in [0.2, 0.25) is 0 Å². The normalized spacial score (nSPS) is 20.4. The minimum atomic E-state index is -4.55. The highest BCUT2D eigenvalue weighted by Crippen LogP contribution is 2.25. The highest BCUT2D eigenvalue weighted by molar-refractivity contribution is 7.86. The van der Waals surface area contributed by atoms with E-state index in [0.29, 0.717) is 11.5 Å². The third-order valence-corrected chi connectivity index (χ3v) is 3.59. The fourth-order valence-electron chi connectivity index (χ4n) is 1.95. The molecule has 0 aliphatic carbocycles. The number of rotatable bonds is 3. The number of halogens is 1. The van der Waals surface area contributed by atoms with Gasteiger partial charge in [-0.25, -0.2) is 9.97 Å². The number of aryl methyl sites for hydroxylation is 1. The summed E-state index contributed by atoms with van der Waals surface area (Å²) in [4.78, 5) is 21.0. The molecule has 6 nitrogen and oxygen atoms in total. The second-order valence-corrected chi connectivity index (χ2v) is 5.68. The lowest BCUT2D eigenvalue weighted by molar-refractivity contribution is -0.117. The van der Waals surface area contributed by atoms with Gasteiger partial charge in [-0.1, -0.05) is 0 Å². The fourth-order valence-corrected chi connectivity index (χ4v) is 2.74. The summed E-state index contributed by atoms with van der Waals surface area (Å²) in [6.45, 7) is 1.89. The minimum Gasteiger partial charge on any atom is -0.309 e. The van der Waals surface area contributed by atoms with Gasteiger partial charge < -0.3 is 4.90 Å². The van der Waals surface area contributed by atoms with Crippen molar-refractivity contribution in [3.8, 4) is 0 Å². The van der Waals surface area contributed by atoms with E-state index in [1.165, 1.54) is 17.3 Å². The maximum absolute atomic E-state index is 12.6. The Morgan fingerprint density at radius 3 is 2.61 bits per heavy atom. The van der Waals surface area contributed by atoms with Crippen LogP contribution in [-0.4, -0.2) is 36.6 Å². The number of amides is 1. The lowest BCUT2D eigenvalue weighted by Gasteiger charge is -2.15. The van der Waals surface area contributed by atoms with Gasteiger partial charge in [0.2, 0.25) is 5.91 Å². The van der Waals surface area contributed by atoms with Crippen molar-refractivity contribution in [3.63, 3.8) is 0 Å². The lowest BCUT2D eigenvalue weighted by atomic mass is 10.1. The molecule has 18 heavy (non-hydrogen) atoms. The van der Waals surface area contributed by atoms with E-state index in [1.54, 1.807) is 6.92 Å². The molecule has 1 atom stereocenters. The van der Waals surface area contributed by atoms with E-state index in [9.17, 15) is 17.1 Å². The van der Waals surface area contributed by atoms with Crippen LogP contribution in [0.1, 0.15) is 12.2 Å². The molecule has 1 aliphatic heterocycles. The first-order chi connectivity index (χ1) is 8.35. The van der Waals surface area contributed by atoms with Crippen LogP contribution in [0.25, 0.3) is 0 Å². The Kier molecular flexibility index (Phi) is 3.29. The van der Waals surface area contributed by atoms with Gasteiger partial charge in [0.15, 0.2) is 0 Å². The van der Waals surface area contributed by atoms with Gasteiger partial charge in [0.05, 0.1) is 23.8 Å². The average Bonchev–Trinajstić information content (AvgIpc) is 2.58. The number of hydrogen-bond donors (Lipinski definition) is 0. The quantitative estimate of drug-likeness (QED) is 0.746. The van der Waals surface area contributed by atoms with E-state index in [4.69, 9.17) is 0 Å². The number of aromatic nitrogens is 2. The Morgan fingerprint density at radius 1 is 1.44 bits per heavy atom. The smallest absolute Gasteiger partial charge is 0.302 e. The monoisotopic (exact) mass is 273 g/mol. The molecule has 1 amide bonds. The lowest BCUT2D eigenvalue weighted by Crippen LogP contribution is -2.25. The third kappa shape index (κ3) is 3.00. The summed E-state index contributed by atoms with van der Waals surface area (Å²) in [7, 11) is -4.55. The van der Waals surface area contributed by atoms with Crippen LogP contribution in [0.4, 0.5) is 9.57 Å². The fraction of sp³-hybridized carbons (Fsp3) is 0.500. The zero-order valence-corrected chi connectivity index (χ0v) is 10.5. The van der Waals surface area contributed by atoms with Gasteiger partial charge in [-0.2, -0.15) is 8.42 Å². The van der Waals surface area contributed by atoms with Crippen molar-refractivity contribution in [1.82, 2.24) is 9.97 Å². The Balaban J connectivity index is 2.12. The topological polar surface area (TPSA) is 80.2 Å². The van der Waals surface area contributed by atoms with Crippen molar-refractivity contribution >= 4 is 21.8 Å². The molecule has 98 valence electrons. The molecule has 0 bridgehead atoms. The van der Waals surface area contributed by atoms with E-state index >= 15 is 0 Å². The molecule has 2 heterocycles.